The van der Waals surface area contributed by atoms with E-state index in [4.69, 9.17) is 4.98 Å². The van der Waals surface area contributed by atoms with E-state index in [9.17, 15) is 4.79 Å². The maximum Gasteiger partial charge on any atom is 0.254 e. The van der Waals surface area contributed by atoms with Crippen LogP contribution in [0.15, 0.2) is 47.2 Å². The molecule has 27 heavy (non-hydrogen) atoms. The maximum absolute atomic E-state index is 12.2. The zero-order valence-electron chi connectivity index (χ0n) is 15.2. The monoisotopic (exact) mass is 427 g/mol. The molecule has 1 aliphatic rings. The molecule has 2 aromatic heterocycles. The van der Waals surface area contributed by atoms with Gasteiger partial charge in [0.2, 0.25) is 0 Å². The first-order valence-electron chi connectivity index (χ1n) is 9.17. The molecule has 1 saturated heterocycles. The van der Waals surface area contributed by atoms with Crippen molar-refractivity contribution in [3.05, 3.63) is 52.8 Å². The van der Waals surface area contributed by atoms with E-state index >= 15 is 0 Å². The number of fused-ring (bicyclic) bond motifs is 1. The summed E-state index contributed by atoms with van der Waals surface area (Å²) in [6.45, 7) is 2.62. The van der Waals surface area contributed by atoms with E-state index in [0.29, 0.717) is 18.0 Å². The number of aromatic nitrogens is 3. The average molecular weight is 428 g/mol. The topological polar surface area (TPSA) is 63.1 Å². The fourth-order valence-corrected chi connectivity index (χ4v) is 3.99. The average Bonchev–Trinajstić information content (AvgIpc) is 3.13. The summed E-state index contributed by atoms with van der Waals surface area (Å²) in [7, 11) is 1.81. The first-order chi connectivity index (χ1) is 13.1. The molecular weight excluding hydrogens is 406 g/mol. The number of halogens is 1. The van der Waals surface area contributed by atoms with Gasteiger partial charge in [-0.2, -0.15) is 5.10 Å². The smallest absolute Gasteiger partial charge is 0.254 e. The molecule has 3 heterocycles. The molecule has 0 spiro atoms. The van der Waals surface area contributed by atoms with E-state index in [1.165, 1.54) is 0 Å². The predicted octanol–water partition coefficient (Wildman–Crippen LogP) is 3.38. The van der Waals surface area contributed by atoms with Crippen molar-refractivity contribution >= 4 is 38.6 Å². The number of pyridine rings is 1. The molecule has 4 rings (SSSR count). The quantitative estimate of drug-likeness (QED) is 0.692. The van der Waals surface area contributed by atoms with Crippen LogP contribution < -0.4 is 10.2 Å². The number of para-hydroxylation sites is 1. The molecule has 0 unspecified atom stereocenters. The summed E-state index contributed by atoms with van der Waals surface area (Å²) in [6.07, 6.45) is 5.43. The second-order valence-corrected chi connectivity index (χ2v) is 7.88. The lowest BCUT2D eigenvalue weighted by Crippen LogP contribution is -2.39. The summed E-state index contributed by atoms with van der Waals surface area (Å²) in [5.74, 6) is 1.47. The number of hydrogen-bond donors (Lipinski definition) is 1. The summed E-state index contributed by atoms with van der Waals surface area (Å²) in [4.78, 5) is 19.3. The summed E-state index contributed by atoms with van der Waals surface area (Å²) >= 11 is 3.59. The molecular formula is C20H22BrN5O. The number of nitrogens with zero attached hydrogens (tertiary/aromatic N) is 4. The Morgan fingerprint density at radius 1 is 1.26 bits per heavy atom. The third kappa shape index (κ3) is 3.98. The van der Waals surface area contributed by atoms with Gasteiger partial charge >= 0.3 is 0 Å². The summed E-state index contributed by atoms with van der Waals surface area (Å²) in [6, 6.07) is 10.4. The molecule has 140 valence electrons. The van der Waals surface area contributed by atoms with Crippen LogP contribution >= 0.6 is 15.9 Å². The van der Waals surface area contributed by atoms with Crippen LogP contribution in [0.2, 0.25) is 0 Å². The number of benzene rings is 1. The SMILES string of the molecule is Cn1cc(C(=O)NCC2CCN(c3ccc4cccc(Br)c4n3)CC2)cn1. The molecule has 1 aromatic carbocycles. The fourth-order valence-electron chi connectivity index (χ4n) is 3.52. The highest BCUT2D eigenvalue weighted by atomic mass is 79.9. The van der Waals surface area contributed by atoms with Crippen molar-refractivity contribution < 1.29 is 4.79 Å². The van der Waals surface area contributed by atoms with Crippen LogP contribution in [-0.4, -0.2) is 40.3 Å². The van der Waals surface area contributed by atoms with Crippen LogP contribution in [0.4, 0.5) is 5.82 Å². The largest absolute Gasteiger partial charge is 0.357 e. The highest BCUT2D eigenvalue weighted by Crippen LogP contribution is 2.27. The van der Waals surface area contributed by atoms with Gasteiger partial charge in [0.15, 0.2) is 0 Å². The lowest BCUT2D eigenvalue weighted by Gasteiger charge is -2.33. The number of rotatable bonds is 4. The number of nitrogens with one attached hydrogen (secondary N) is 1. The molecule has 1 amide bonds. The van der Waals surface area contributed by atoms with Crippen LogP contribution in [0.1, 0.15) is 23.2 Å². The Hall–Kier alpha value is -2.41. The molecule has 3 aromatic rings. The van der Waals surface area contributed by atoms with E-state index < -0.39 is 0 Å². The van der Waals surface area contributed by atoms with Crippen molar-refractivity contribution in [3.8, 4) is 0 Å². The third-order valence-corrected chi connectivity index (χ3v) is 5.75. The van der Waals surface area contributed by atoms with Crippen molar-refractivity contribution in [3.63, 3.8) is 0 Å². The van der Waals surface area contributed by atoms with Crippen LogP contribution in [0.3, 0.4) is 0 Å². The van der Waals surface area contributed by atoms with E-state index in [1.54, 1.807) is 17.1 Å². The highest BCUT2D eigenvalue weighted by molar-refractivity contribution is 9.10. The molecule has 6 nitrogen and oxygen atoms in total. The Bertz CT molecular complexity index is 962. The Morgan fingerprint density at radius 2 is 2.07 bits per heavy atom. The standard InChI is InChI=1S/C20H22BrN5O/c1-25-13-16(12-23-25)20(27)22-11-14-7-9-26(10-8-14)18-6-5-15-3-2-4-17(21)19(15)24-18/h2-6,12-14H,7-11H2,1H3,(H,22,27). The summed E-state index contributed by atoms with van der Waals surface area (Å²) < 4.78 is 2.66. The summed E-state index contributed by atoms with van der Waals surface area (Å²) in [5.41, 5.74) is 1.61. The van der Waals surface area contributed by atoms with E-state index in [0.717, 1.165) is 47.1 Å². The number of anilines is 1. The number of aryl methyl sites for hydroxylation is 1. The Morgan fingerprint density at radius 3 is 2.81 bits per heavy atom. The fraction of sp³-hybridized carbons (Fsp3) is 0.350. The molecule has 0 aliphatic carbocycles. The zero-order valence-corrected chi connectivity index (χ0v) is 16.8. The molecule has 7 heteroatoms. The molecule has 1 N–H and O–H groups in total. The molecule has 0 atom stereocenters. The summed E-state index contributed by atoms with van der Waals surface area (Å²) in [5, 5.41) is 8.22. The number of carbonyl (C=O) groups excluding carboxylic acids is 1. The van der Waals surface area contributed by atoms with E-state index in [1.807, 2.05) is 19.2 Å². The van der Waals surface area contributed by atoms with Gasteiger partial charge in [-0.25, -0.2) is 4.98 Å². The molecule has 1 fully saturated rings. The van der Waals surface area contributed by atoms with Crippen molar-refractivity contribution in [2.45, 2.75) is 12.8 Å². The van der Waals surface area contributed by atoms with Crippen molar-refractivity contribution in [1.29, 1.82) is 0 Å². The molecule has 1 aliphatic heterocycles. The third-order valence-electron chi connectivity index (χ3n) is 5.11. The lowest BCUT2D eigenvalue weighted by atomic mass is 9.96. The van der Waals surface area contributed by atoms with Crippen molar-refractivity contribution in [2.24, 2.45) is 13.0 Å². The minimum absolute atomic E-state index is 0.0495. The lowest BCUT2D eigenvalue weighted by molar-refractivity contribution is 0.0945. The van der Waals surface area contributed by atoms with Crippen LogP contribution in [0.25, 0.3) is 10.9 Å². The number of amides is 1. The second-order valence-electron chi connectivity index (χ2n) is 7.02. The normalized spacial score (nSPS) is 15.3. The minimum atomic E-state index is -0.0495. The molecule has 0 saturated carbocycles. The van der Waals surface area contributed by atoms with Gasteiger partial charge < -0.3 is 10.2 Å². The van der Waals surface area contributed by atoms with Gasteiger partial charge in [0, 0.05) is 42.7 Å². The predicted molar refractivity (Wildman–Crippen MR) is 110 cm³/mol. The van der Waals surface area contributed by atoms with E-state index in [-0.39, 0.29) is 5.91 Å². The van der Waals surface area contributed by atoms with Gasteiger partial charge in [-0.1, -0.05) is 12.1 Å². The highest BCUT2D eigenvalue weighted by Gasteiger charge is 2.21. The van der Waals surface area contributed by atoms with Gasteiger partial charge in [0.25, 0.3) is 5.91 Å². The second kappa shape index (κ2) is 7.68. The first kappa shape index (κ1) is 18.0. The molecule has 0 bridgehead atoms. The Labute approximate surface area is 166 Å². The van der Waals surface area contributed by atoms with E-state index in [2.05, 4.69) is 49.4 Å². The zero-order chi connectivity index (χ0) is 18.8. The van der Waals surface area contributed by atoms with Gasteiger partial charge in [-0.15, -0.1) is 0 Å². The Kier molecular flexibility index (Phi) is 5.11. The van der Waals surface area contributed by atoms with Crippen LogP contribution in [0.5, 0.6) is 0 Å². The van der Waals surface area contributed by atoms with Crippen LogP contribution in [0, 0.1) is 5.92 Å². The van der Waals surface area contributed by atoms with Gasteiger partial charge in [0.05, 0.1) is 17.3 Å². The van der Waals surface area contributed by atoms with Gasteiger partial charge in [-0.3, -0.25) is 9.48 Å². The Balaban J connectivity index is 1.33. The van der Waals surface area contributed by atoms with Crippen molar-refractivity contribution in [2.75, 3.05) is 24.5 Å². The molecule has 0 radical (unpaired) electrons. The van der Waals surface area contributed by atoms with Gasteiger partial charge in [0.1, 0.15) is 5.82 Å². The van der Waals surface area contributed by atoms with Crippen LogP contribution in [-0.2, 0) is 7.05 Å². The number of piperidine rings is 1. The number of hydrogen-bond acceptors (Lipinski definition) is 4. The minimum Gasteiger partial charge on any atom is -0.357 e. The maximum atomic E-state index is 12.2. The first-order valence-corrected chi connectivity index (χ1v) is 9.96. The number of carbonyl (C=O) groups is 1. The van der Waals surface area contributed by atoms with Gasteiger partial charge in [-0.05, 0) is 52.9 Å². The van der Waals surface area contributed by atoms with Crippen molar-refractivity contribution in [1.82, 2.24) is 20.1 Å².